The van der Waals surface area contributed by atoms with Gasteiger partial charge < -0.3 is 4.74 Å². The van der Waals surface area contributed by atoms with Crippen LogP contribution in [0.15, 0.2) is 24.3 Å². The van der Waals surface area contributed by atoms with Crippen molar-refractivity contribution in [2.24, 2.45) is 5.92 Å². The van der Waals surface area contributed by atoms with Crippen LogP contribution in [-0.2, 0) is 13.2 Å². The van der Waals surface area contributed by atoms with E-state index in [1.54, 1.807) is 16.8 Å². The van der Waals surface area contributed by atoms with Gasteiger partial charge >= 0.3 is 0 Å². The lowest BCUT2D eigenvalue weighted by molar-refractivity contribution is 0.111. The molecule has 1 aromatic carbocycles. The Hall–Kier alpha value is -1.88. The van der Waals surface area contributed by atoms with Crippen molar-refractivity contribution in [3.63, 3.8) is 0 Å². The van der Waals surface area contributed by atoms with E-state index in [-0.39, 0.29) is 6.61 Å². The summed E-state index contributed by atoms with van der Waals surface area (Å²) in [5, 5.41) is 8.43. The van der Waals surface area contributed by atoms with Crippen molar-refractivity contribution in [3.8, 4) is 5.75 Å². The smallest absolute Gasteiger partial charge is 0.172 e. The van der Waals surface area contributed by atoms with Crippen LogP contribution in [0.3, 0.4) is 0 Å². The number of para-hydroxylation sites is 1. The van der Waals surface area contributed by atoms with E-state index in [0.717, 1.165) is 6.42 Å². The maximum absolute atomic E-state index is 11.1. The minimum absolute atomic E-state index is 0.211. The molecule has 0 aliphatic heterocycles. The van der Waals surface area contributed by atoms with Crippen LogP contribution in [0.4, 0.5) is 0 Å². The molecule has 5 nitrogen and oxygen atoms in total. The zero-order valence-electron chi connectivity index (χ0n) is 12.1. The topological polar surface area (TPSA) is 57.0 Å². The molecule has 0 aliphatic carbocycles. The molecule has 0 saturated carbocycles. The van der Waals surface area contributed by atoms with Gasteiger partial charge in [0.1, 0.15) is 18.1 Å². The van der Waals surface area contributed by atoms with Crippen LogP contribution in [0.25, 0.3) is 0 Å². The molecule has 21 heavy (non-hydrogen) atoms. The molecule has 0 atom stereocenters. The first-order chi connectivity index (χ1) is 10.1. The van der Waals surface area contributed by atoms with E-state index in [1.165, 1.54) is 0 Å². The molecule has 0 unspecified atom stereocenters. The zero-order chi connectivity index (χ0) is 15.2. The molecular formula is C15H18ClN3O2. The van der Waals surface area contributed by atoms with E-state index >= 15 is 0 Å². The Morgan fingerprint density at radius 1 is 1.38 bits per heavy atom. The second kappa shape index (κ2) is 7.22. The van der Waals surface area contributed by atoms with Crippen LogP contribution in [0.1, 0.15) is 36.5 Å². The lowest BCUT2D eigenvalue weighted by atomic mass is 10.1. The van der Waals surface area contributed by atoms with Crippen LogP contribution in [0, 0.1) is 5.92 Å². The first-order valence-corrected chi connectivity index (χ1v) is 7.24. The van der Waals surface area contributed by atoms with Crippen molar-refractivity contribution in [2.45, 2.75) is 33.4 Å². The van der Waals surface area contributed by atoms with Crippen molar-refractivity contribution in [2.75, 3.05) is 0 Å². The van der Waals surface area contributed by atoms with Crippen LogP contribution >= 0.6 is 11.6 Å². The summed E-state index contributed by atoms with van der Waals surface area (Å²) >= 11 is 6.05. The van der Waals surface area contributed by atoms with Gasteiger partial charge in [0, 0.05) is 6.54 Å². The fourth-order valence-corrected chi connectivity index (χ4v) is 2.04. The Kier molecular flexibility index (Phi) is 5.33. The normalized spacial score (nSPS) is 10.9. The van der Waals surface area contributed by atoms with E-state index in [2.05, 4.69) is 24.2 Å². The Bertz CT molecular complexity index is 611. The van der Waals surface area contributed by atoms with Crippen LogP contribution < -0.4 is 4.74 Å². The highest BCUT2D eigenvalue weighted by Gasteiger charge is 2.14. The number of ether oxygens (including phenoxy) is 1. The summed E-state index contributed by atoms with van der Waals surface area (Å²) < 4.78 is 7.40. The van der Waals surface area contributed by atoms with Gasteiger partial charge in [0.2, 0.25) is 0 Å². The van der Waals surface area contributed by atoms with Crippen LogP contribution in [0.5, 0.6) is 5.75 Å². The second-order valence-electron chi connectivity index (χ2n) is 5.16. The lowest BCUT2D eigenvalue weighted by Gasteiger charge is -2.11. The molecule has 1 aromatic heterocycles. The molecule has 6 heteroatoms. The number of aldehydes is 1. The number of carbonyl (C=O) groups is 1. The van der Waals surface area contributed by atoms with Crippen LogP contribution in [0.2, 0.25) is 5.02 Å². The SMILES string of the molecule is CC(C)CCn1nnc(C=O)c1COc1ccccc1Cl. The standard InChI is InChI=1S/C15H18ClN3O2/c1-11(2)7-8-19-14(13(9-20)17-18-19)10-21-15-6-4-3-5-12(15)16/h3-6,9,11H,7-8,10H2,1-2H3. The molecule has 2 aromatic rings. The van der Waals surface area contributed by atoms with Gasteiger partial charge in [-0.25, -0.2) is 4.68 Å². The highest BCUT2D eigenvalue weighted by atomic mass is 35.5. The van der Waals surface area contributed by atoms with E-state index < -0.39 is 0 Å². The first kappa shape index (κ1) is 15.5. The Balaban J connectivity index is 2.12. The van der Waals surface area contributed by atoms with Crippen molar-refractivity contribution in [3.05, 3.63) is 40.7 Å². The molecule has 0 saturated heterocycles. The molecule has 0 aliphatic rings. The summed E-state index contributed by atoms with van der Waals surface area (Å²) in [5.41, 5.74) is 0.983. The van der Waals surface area contributed by atoms with Gasteiger partial charge in [-0.05, 0) is 24.5 Å². The summed E-state index contributed by atoms with van der Waals surface area (Å²) in [7, 11) is 0. The quantitative estimate of drug-likeness (QED) is 0.736. The highest BCUT2D eigenvalue weighted by Crippen LogP contribution is 2.24. The molecule has 1 heterocycles. The number of benzene rings is 1. The number of hydrogen-bond acceptors (Lipinski definition) is 4. The summed E-state index contributed by atoms with van der Waals surface area (Å²) in [5.74, 6) is 1.12. The Morgan fingerprint density at radius 2 is 2.14 bits per heavy atom. The average Bonchev–Trinajstić information content (AvgIpc) is 2.86. The fourth-order valence-electron chi connectivity index (χ4n) is 1.85. The molecule has 0 amide bonds. The minimum Gasteiger partial charge on any atom is -0.486 e. The number of hydrogen-bond donors (Lipinski definition) is 0. The monoisotopic (exact) mass is 307 g/mol. The third kappa shape index (κ3) is 4.04. The molecular weight excluding hydrogens is 290 g/mol. The fraction of sp³-hybridized carbons (Fsp3) is 0.400. The average molecular weight is 308 g/mol. The largest absolute Gasteiger partial charge is 0.486 e. The summed E-state index contributed by atoms with van der Waals surface area (Å²) in [6.45, 7) is 5.19. The Morgan fingerprint density at radius 3 is 2.81 bits per heavy atom. The number of halogens is 1. The third-order valence-electron chi connectivity index (χ3n) is 3.10. The number of aryl methyl sites for hydroxylation is 1. The molecule has 0 spiro atoms. The zero-order valence-corrected chi connectivity index (χ0v) is 12.9. The summed E-state index contributed by atoms with van der Waals surface area (Å²) in [6, 6.07) is 7.22. The molecule has 0 N–H and O–H groups in total. The van der Waals surface area contributed by atoms with Crippen molar-refractivity contribution in [1.82, 2.24) is 15.0 Å². The first-order valence-electron chi connectivity index (χ1n) is 6.86. The van der Waals surface area contributed by atoms with E-state index in [1.807, 2.05) is 12.1 Å². The molecule has 2 rings (SSSR count). The summed E-state index contributed by atoms with van der Waals surface area (Å²) in [6.07, 6.45) is 1.66. The van der Waals surface area contributed by atoms with Crippen molar-refractivity contribution < 1.29 is 9.53 Å². The third-order valence-corrected chi connectivity index (χ3v) is 3.41. The molecule has 112 valence electrons. The molecule has 0 radical (unpaired) electrons. The maximum atomic E-state index is 11.1. The van der Waals surface area contributed by atoms with E-state index in [4.69, 9.17) is 16.3 Å². The summed E-state index contributed by atoms with van der Waals surface area (Å²) in [4.78, 5) is 11.1. The van der Waals surface area contributed by atoms with Gasteiger partial charge in [0.25, 0.3) is 0 Å². The maximum Gasteiger partial charge on any atom is 0.172 e. The van der Waals surface area contributed by atoms with Gasteiger partial charge in [0.05, 0.1) is 5.02 Å². The lowest BCUT2D eigenvalue weighted by Crippen LogP contribution is -2.11. The predicted octanol–water partition coefficient (Wildman–Crippen LogP) is 3.37. The van der Waals surface area contributed by atoms with Gasteiger partial charge in [-0.15, -0.1) is 5.10 Å². The van der Waals surface area contributed by atoms with Gasteiger partial charge in [-0.3, -0.25) is 4.79 Å². The van der Waals surface area contributed by atoms with E-state index in [9.17, 15) is 4.79 Å². The van der Waals surface area contributed by atoms with Gasteiger partial charge in [-0.1, -0.05) is 42.8 Å². The minimum atomic E-state index is 0.211. The predicted molar refractivity (Wildman–Crippen MR) is 80.6 cm³/mol. The van der Waals surface area contributed by atoms with Crippen LogP contribution in [-0.4, -0.2) is 21.3 Å². The number of carbonyl (C=O) groups excluding carboxylic acids is 1. The number of aromatic nitrogens is 3. The van der Waals surface area contributed by atoms with Crippen molar-refractivity contribution in [1.29, 1.82) is 0 Å². The van der Waals surface area contributed by atoms with E-state index in [0.29, 0.717) is 40.9 Å². The number of rotatable bonds is 7. The molecule has 0 bridgehead atoms. The molecule has 0 fully saturated rings. The number of nitrogens with zero attached hydrogens (tertiary/aromatic N) is 3. The Labute approximate surface area is 128 Å². The van der Waals surface area contributed by atoms with Crippen molar-refractivity contribution >= 4 is 17.9 Å². The van der Waals surface area contributed by atoms with Gasteiger partial charge in [0.15, 0.2) is 12.0 Å². The highest BCUT2D eigenvalue weighted by molar-refractivity contribution is 6.32. The van der Waals surface area contributed by atoms with Gasteiger partial charge in [-0.2, -0.15) is 0 Å². The second-order valence-corrected chi connectivity index (χ2v) is 5.57.